The van der Waals surface area contributed by atoms with E-state index in [-0.39, 0.29) is 0 Å². The van der Waals surface area contributed by atoms with Crippen LogP contribution in [0.25, 0.3) is 0 Å². The molecule has 130 valence electrons. The number of hydrogen-bond acceptors (Lipinski definition) is 4. The minimum Gasteiger partial charge on any atom is -0.492 e. The van der Waals surface area contributed by atoms with Crippen LogP contribution in [0, 0.1) is 6.92 Å². The van der Waals surface area contributed by atoms with Gasteiger partial charge in [0, 0.05) is 31.1 Å². The molecule has 0 fully saturated rings. The molecule has 0 aliphatic carbocycles. The molecule has 0 bridgehead atoms. The first kappa shape index (κ1) is 18.3. The molecular weight excluding hydrogens is 320 g/mol. The van der Waals surface area contributed by atoms with Crippen LogP contribution in [0.2, 0.25) is 0 Å². The van der Waals surface area contributed by atoms with Crippen LogP contribution < -0.4 is 15.4 Å². The number of aryl methyl sites for hydroxylation is 2. The van der Waals surface area contributed by atoms with Gasteiger partial charge >= 0.3 is 0 Å². The monoisotopic (exact) mass is 346 g/mol. The number of nitrogens with zero attached hydrogens (tertiary/aromatic N) is 2. The highest BCUT2D eigenvalue weighted by Gasteiger charge is 2.02. The van der Waals surface area contributed by atoms with Gasteiger partial charge in [-0.25, -0.2) is 4.98 Å². The first-order valence-electron chi connectivity index (χ1n) is 8.29. The fourth-order valence-electron chi connectivity index (χ4n) is 2.18. The van der Waals surface area contributed by atoms with Gasteiger partial charge in [0.1, 0.15) is 12.4 Å². The molecule has 2 aromatic rings. The lowest BCUT2D eigenvalue weighted by molar-refractivity contribution is 0.321. The van der Waals surface area contributed by atoms with Gasteiger partial charge in [-0.3, -0.25) is 4.99 Å². The second-order valence-corrected chi connectivity index (χ2v) is 6.61. The summed E-state index contributed by atoms with van der Waals surface area (Å²) in [4.78, 5) is 9.98. The fourth-order valence-corrected chi connectivity index (χ4v) is 3.04. The molecule has 0 unspecified atom stereocenters. The highest BCUT2D eigenvalue weighted by atomic mass is 32.1. The number of aliphatic imine (C=N–C) groups is 1. The summed E-state index contributed by atoms with van der Waals surface area (Å²) in [5.74, 6) is 1.69. The Morgan fingerprint density at radius 3 is 2.83 bits per heavy atom. The first-order valence-corrected chi connectivity index (χ1v) is 9.10. The number of ether oxygens (including phenoxy) is 1. The molecule has 0 atom stereocenters. The van der Waals surface area contributed by atoms with Crippen molar-refractivity contribution in [3.8, 4) is 5.75 Å². The Hall–Kier alpha value is -2.08. The van der Waals surface area contributed by atoms with Gasteiger partial charge in [0.05, 0.1) is 11.6 Å². The van der Waals surface area contributed by atoms with Gasteiger partial charge in [0.25, 0.3) is 0 Å². The predicted octanol–water partition coefficient (Wildman–Crippen LogP) is 2.80. The van der Waals surface area contributed by atoms with Gasteiger partial charge in [-0.2, -0.15) is 0 Å². The summed E-state index contributed by atoms with van der Waals surface area (Å²) in [6.45, 7) is 6.32. The molecule has 5 nitrogen and oxygen atoms in total. The van der Waals surface area contributed by atoms with Gasteiger partial charge in [-0.05, 0) is 31.0 Å². The summed E-state index contributed by atoms with van der Waals surface area (Å²) in [6, 6.07) is 8.06. The van der Waals surface area contributed by atoms with Crippen LogP contribution in [0.15, 0.2) is 35.5 Å². The van der Waals surface area contributed by atoms with Crippen LogP contribution in [-0.4, -0.2) is 37.7 Å². The van der Waals surface area contributed by atoms with Crippen LogP contribution in [0.4, 0.5) is 0 Å². The SMILES string of the molecule is CCc1cnc(CCNC(=NC)NCCOc2cccc(C)c2)s1. The number of aromatic nitrogens is 1. The van der Waals surface area contributed by atoms with Crippen LogP contribution in [-0.2, 0) is 12.8 Å². The lowest BCUT2D eigenvalue weighted by atomic mass is 10.2. The standard InChI is InChI=1S/C18H26N4OS/c1-4-16-13-22-17(24-16)8-9-20-18(19-3)21-10-11-23-15-7-5-6-14(2)12-15/h5-7,12-13H,4,8-11H2,1-3H3,(H2,19,20,21). The van der Waals surface area contributed by atoms with Crippen LogP contribution in [0.5, 0.6) is 5.75 Å². The van der Waals surface area contributed by atoms with Crippen molar-refractivity contribution >= 4 is 17.3 Å². The maximum absolute atomic E-state index is 5.72. The van der Waals surface area contributed by atoms with E-state index in [1.807, 2.05) is 24.4 Å². The van der Waals surface area contributed by atoms with E-state index in [9.17, 15) is 0 Å². The Labute approximate surface area is 148 Å². The van der Waals surface area contributed by atoms with E-state index in [4.69, 9.17) is 4.74 Å². The summed E-state index contributed by atoms with van der Waals surface area (Å²) < 4.78 is 5.72. The van der Waals surface area contributed by atoms with Gasteiger partial charge in [0.15, 0.2) is 5.96 Å². The average Bonchev–Trinajstić information content (AvgIpc) is 3.05. The van der Waals surface area contributed by atoms with Gasteiger partial charge in [-0.15, -0.1) is 11.3 Å². The van der Waals surface area contributed by atoms with Crippen LogP contribution >= 0.6 is 11.3 Å². The molecule has 2 rings (SSSR count). The number of nitrogens with one attached hydrogen (secondary N) is 2. The third-order valence-electron chi connectivity index (χ3n) is 3.46. The number of benzene rings is 1. The molecule has 24 heavy (non-hydrogen) atoms. The zero-order valence-corrected chi connectivity index (χ0v) is 15.4. The topological polar surface area (TPSA) is 58.5 Å². The first-order chi connectivity index (χ1) is 11.7. The van der Waals surface area contributed by atoms with Gasteiger partial charge in [0.2, 0.25) is 0 Å². The number of guanidine groups is 1. The highest BCUT2D eigenvalue weighted by Crippen LogP contribution is 2.13. The maximum atomic E-state index is 5.72. The molecule has 1 aromatic carbocycles. The van der Waals surface area contributed by atoms with E-state index >= 15 is 0 Å². The van der Waals surface area contributed by atoms with E-state index in [0.717, 1.165) is 36.1 Å². The molecule has 0 aliphatic rings. The Morgan fingerprint density at radius 2 is 2.12 bits per heavy atom. The van der Waals surface area contributed by atoms with Gasteiger partial charge in [-0.1, -0.05) is 19.1 Å². The summed E-state index contributed by atoms with van der Waals surface area (Å²) in [7, 11) is 1.77. The largest absolute Gasteiger partial charge is 0.492 e. The van der Waals surface area contributed by atoms with Crippen molar-refractivity contribution in [2.24, 2.45) is 4.99 Å². The zero-order valence-electron chi connectivity index (χ0n) is 14.6. The van der Waals surface area contributed by atoms with Crippen molar-refractivity contribution in [3.63, 3.8) is 0 Å². The van der Waals surface area contributed by atoms with E-state index in [0.29, 0.717) is 13.2 Å². The third-order valence-corrected chi connectivity index (χ3v) is 4.66. The normalized spacial score (nSPS) is 11.4. The van der Waals surface area contributed by atoms with Crippen molar-refractivity contribution in [2.75, 3.05) is 26.7 Å². The predicted molar refractivity (Wildman–Crippen MR) is 101 cm³/mol. The van der Waals surface area contributed by atoms with Gasteiger partial charge < -0.3 is 15.4 Å². The zero-order chi connectivity index (χ0) is 17.2. The lowest BCUT2D eigenvalue weighted by Crippen LogP contribution is -2.40. The van der Waals surface area contributed by atoms with Crippen molar-refractivity contribution in [2.45, 2.75) is 26.7 Å². The van der Waals surface area contributed by atoms with E-state index < -0.39 is 0 Å². The molecule has 2 N–H and O–H groups in total. The van der Waals surface area contributed by atoms with E-state index in [2.05, 4.69) is 40.5 Å². The molecule has 6 heteroatoms. The van der Waals surface area contributed by atoms with Crippen molar-refractivity contribution < 1.29 is 4.74 Å². The van der Waals surface area contributed by atoms with Crippen molar-refractivity contribution in [3.05, 3.63) is 45.9 Å². The minimum absolute atomic E-state index is 0.594. The summed E-state index contributed by atoms with van der Waals surface area (Å²) >= 11 is 1.78. The lowest BCUT2D eigenvalue weighted by Gasteiger charge is -2.12. The van der Waals surface area contributed by atoms with Crippen LogP contribution in [0.1, 0.15) is 22.4 Å². The fraction of sp³-hybridized carbons (Fsp3) is 0.444. The summed E-state index contributed by atoms with van der Waals surface area (Å²) in [5, 5.41) is 7.72. The number of thiazole rings is 1. The minimum atomic E-state index is 0.594. The Morgan fingerprint density at radius 1 is 1.29 bits per heavy atom. The van der Waals surface area contributed by atoms with Crippen molar-refractivity contribution in [1.82, 2.24) is 15.6 Å². The quantitative estimate of drug-likeness (QED) is 0.438. The average molecular weight is 347 g/mol. The molecular formula is C18H26N4OS. The third kappa shape index (κ3) is 6.20. The maximum Gasteiger partial charge on any atom is 0.191 e. The highest BCUT2D eigenvalue weighted by molar-refractivity contribution is 7.11. The molecule has 0 amide bonds. The number of hydrogen-bond donors (Lipinski definition) is 2. The molecule has 0 spiro atoms. The van der Waals surface area contributed by atoms with E-state index in [1.165, 1.54) is 10.4 Å². The Bertz CT molecular complexity index is 654. The number of rotatable bonds is 8. The molecule has 1 aromatic heterocycles. The molecule has 0 saturated carbocycles. The Kier molecular flexibility index (Phi) is 7.55. The molecule has 0 aliphatic heterocycles. The molecule has 0 saturated heterocycles. The summed E-state index contributed by atoms with van der Waals surface area (Å²) in [6.07, 6.45) is 3.93. The Balaban J connectivity index is 1.63. The second-order valence-electron chi connectivity index (χ2n) is 5.41. The smallest absolute Gasteiger partial charge is 0.191 e. The molecule has 0 radical (unpaired) electrons. The van der Waals surface area contributed by atoms with Crippen LogP contribution in [0.3, 0.4) is 0 Å². The second kappa shape index (κ2) is 9.93. The van der Waals surface area contributed by atoms with Crippen molar-refractivity contribution in [1.29, 1.82) is 0 Å². The summed E-state index contributed by atoms with van der Waals surface area (Å²) in [5.41, 5.74) is 1.20. The molecule has 1 heterocycles. The van der Waals surface area contributed by atoms with E-state index in [1.54, 1.807) is 18.4 Å².